The summed E-state index contributed by atoms with van der Waals surface area (Å²) in [6.07, 6.45) is 3.64. The highest BCUT2D eigenvalue weighted by molar-refractivity contribution is 5.73. The van der Waals surface area contributed by atoms with Crippen LogP contribution in [0.25, 0.3) is 0 Å². The Kier molecular flexibility index (Phi) is 4.55. The van der Waals surface area contributed by atoms with Crippen molar-refractivity contribution in [1.82, 2.24) is 0 Å². The first-order valence-electron chi connectivity index (χ1n) is 4.18. The molecule has 1 N–H and O–H groups in total. The first kappa shape index (κ1) is 11.1. The quantitative estimate of drug-likeness (QED) is 0.491. The molecule has 0 amide bonds. The fourth-order valence-electron chi connectivity index (χ4n) is 0.902. The second kappa shape index (κ2) is 4.91. The minimum Gasteiger partial charge on any atom is -0.481 e. The molecule has 0 heterocycles. The van der Waals surface area contributed by atoms with Crippen molar-refractivity contribution >= 4 is 12.3 Å². The van der Waals surface area contributed by atoms with Gasteiger partial charge in [-0.2, -0.15) is 0 Å². The van der Waals surface area contributed by atoms with Gasteiger partial charge in [-0.1, -0.05) is 6.42 Å². The highest BCUT2D eigenvalue weighted by Gasteiger charge is 2.25. The zero-order valence-corrected chi connectivity index (χ0v) is 7.67. The highest BCUT2D eigenvalue weighted by Crippen LogP contribution is 2.23. The lowest BCUT2D eigenvalue weighted by Gasteiger charge is -2.17. The van der Waals surface area contributed by atoms with Crippen molar-refractivity contribution in [3.05, 3.63) is 0 Å². The van der Waals surface area contributed by atoms with Gasteiger partial charge in [-0.3, -0.25) is 4.79 Å². The Morgan fingerprint density at radius 2 is 2.00 bits per heavy atom. The Labute approximate surface area is 72.8 Å². The van der Waals surface area contributed by atoms with Gasteiger partial charge in [-0.05, 0) is 26.7 Å². The molecular formula is C9H16O3. The first-order valence-corrected chi connectivity index (χ1v) is 4.18. The van der Waals surface area contributed by atoms with Gasteiger partial charge in [0.05, 0.1) is 5.41 Å². The van der Waals surface area contributed by atoms with E-state index in [-0.39, 0.29) is 0 Å². The lowest BCUT2D eigenvalue weighted by molar-refractivity contribution is -0.147. The maximum atomic E-state index is 10.6. The summed E-state index contributed by atoms with van der Waals surface area (Å²) in [5.41, 5.74) is -0.650. The van der Waals surface area contributed by atoms with Gasteiger partial charge >= 0.3 is 5.97 Å². The molecule has 3 heteroatoms. The van der Waals surface area contributed by atoms with Crippen LogP contribution in [0.5, 0.6) is 0 Å². The van der Waals surface area contributed by atoms with Crippen LogP contribution in [0.4, 0.5) is 0 Å². The maximum absolute atomic E-state index is 10.6. The van der Waals surface area contributed by atoms with Crippen LogP contribution in [0, 0.1) is 5.41 Å². The van der Waals surface area contributed by atoms with Crippen LogP contribution in [-0.4, -0.2) is 17.4 Å². The molecule has 0 aliphatic heterocycles. The first-order chi connectivity index (χ1) is 5.50. The smallest absolute Gasteiger partial charge is 0.309 e. The Bertz CT molecular complexity index is 161. The molecule has 0 spiro atoms. The van der Waals surface area contributed by atoms with Crippen LogP contribution in [-0.2, 0) is 9.59 Å². The largest absolute Gasteiger partial charge is 0.481 e. The van der Waals surface area contributed by atoms with Crippen molar-refractivity contribution in [2.45, 2.75) is 39.5 Å². The Balaban J connectivity index is 3.61. The van der Waals surface area contributed by atoms with Crippen LogP contribution in [0.15, 0.2) is 0 Å². The van der Waals surface area contributed by atoms with Gasteiger partial charge in [0.25, 0.3) is 0 Å². The number of carboxylic acid groups (broad SMARTS) is 1. The summed E-state index contributed by atoms with van der Waals surface area (Å²) in [5.74, 6) is -0.770. The number of carbonyl (C=O) groups is 2. The average molecular weight is 172 g/mol. The highest BCUT2D eigenvalue weighted by atomic mass is 16.4. The van der Waals surface area contributed by atoms with Gasteiger partial charge in [0.1, 0.15) is 6.29 Å². The summed E-state index contributed by atoms with van der Waals surface area (Å²) in [6.45, 7) is 3.41. The molecule has 0 aliphatic rings. The number of hydrogen-bond acceptors (Lipinski definition) is 2. The fourth-order valence-corrected chi connectivity index (χ4v) is 0.902. The molecule has 0 rings (SSSR count). The summed E-state index contributed by atoms with van der Waals surface area (Å²) in [6, 6.07) is 0. The van der Waals surface area contributed by atoms with E-state index in [1.165, 1.54) is 0 Å². The number of aldehydes is 1. The SMILES string of the molecule is CC(C)(CCCCC=O)C(=O)O. The zero-order valence-electron chi connectivity index (χ0n) is 7.67. The van der Waals surface area contributed by atoms with Crippen molar-refractivity contribution < 1.29 is 14.7 Å². The minimum absolute atomic E-state index is 0.537. The van der Waals surface area contributed by atoms with Crippen molar-refractivity contribution in [2.24, 2.45) is 5.41 Å². The van der Waals surface area contributed by atoms with Gasteiger partial charge in [-0.15, -0.1) is 0 Å². The second-order valence-electron chi connectivity index (χ2n) is 3.60. The van der Waals surface area contributed by atoms with Gasteiger partial charge in [-0.25, -0.2) is 0 Å². The van der Waals surface area contributed by atoms with Gasteiger partial charge in [0, 0.05) is 6.42 Å². The van der Waals surface area contributed by atoms with Crippen LogP contribution >= 0.6 is 0 Å². The number of rotatable bonds is 6. The normalized spacial score (nSPS) is 11.2. The molecule has 0 radical (unpaired) electrons. The van der Waals surface area contributed by atoms with E-state index in [0.29, 0.717) is 12.8 Å². The van der Waals surface area contributed by atoms with Crippen molar-refractivity contribution in [3.63, 3.8) is 0 Å². The van der Waals surface area contributed by atoms with E-state index >= 15 is 0 Å². The average Bonchev–Trinajstić information content (AvgIpc) is 1.98. The van der Waals surface area contributed by atoms with E-state index in [0.717, 1.165) is 19.1 Å². The van der Waals surface area contributed by atoms with Crippen molar-refractivity contribution in [3.8, 4) is 0 Å². The topological polar surface area (TPSA) is 54.4 Å². The molecule has 0 saturated heterocycles. The maximum Gasteiger partial charge on any atom is 0.309 e. The lowest BCUT2D eigenvalue weighted by Crippen LogP contribution is -2.23. The number of unbranched alkanes of at least 4 members (excludes halogenated alkanes) is 2. The van der Waals surface area contributed by atoms with E-state index in [1.807, 2.05) is 0 Å². The van der Waals surface area contributed by atoms with Gasteiger partial charge in [0.2, 0.25) is 0 Å². The van der Waals surface area contributed by atoms with E-state index < -0.39 is 11.4 Å². The van der Waals surface area contributed by atoms with Crippen LogP contribution in [0.3, 0.4) is 0 Å². The Morgan fingerprint density at radius 1 is 1.42 bits per heavy atom. The molecule has 0 aliphatic carbocycles. The van der Waals surface area contributed by atoms with E-state index in [2.05, 4.69) is 0 Å². The third-order valence-corrected chi connectivity index (χ3v) is 1.95. The summed E-state index contributed by atoms with van der Waals surface area (Å²) in [7, 11) is 0. The van der Waals surface area contributed by atoms with Gasteiger partial charge in [0.15, 0.2) is 0 Å². The van der Waals surface area contributed by atoms with Crippen LogP contribution in [0.1, 0.15) is 39.5 Å². The molecular weight excluding hydrogens is 156 g/mol. The molecule has 0 unspecified atom stereocenters. The van der Waals surface area contributed by atoms with E-state index in [9.17, 15) is 9.59 Å². The molecule has 0 bridgehead atoms. The predicted molar refractivity (Wildman–Crippen MR) is 45.9 cm³/mol. The number of carboxylic acids is 1. The Morgan fingerprint density at radius 3 is 2.42 bits per heavy atom. The second-order valence-corrected chi connectivity index (χ2v) is 3.60. The number of hydrogen-bond donors (Lipinski definition) is 1. The monoisotopic (exact) mass is 172 g/mol. The lowest BCUT2D eigenvalue weighted by atomic mass is 9.87. The Hall–Kier alpha value is -0.860. The number of aliphatic carboxylic acids is 1. The molecule has 0 atom stereocenters. The zero-order chi connectivity index (χ0) is 9.61. The van der Waals surface area contributed by atoms with Crippen LogP contribution in [0.2, 0.25) is 0 Å². The molecule has 0 saturated carbocycles. The summed E-state index contributed by atoms with van der Waals surface area (Å²) in [5, 5.41) is 8.73. The fraction of sp³-hybridized carbons (Fsp3) is 0.778. The van der Waals surface area contributed by atoms with Crippen molar-refractivity contribution in [2.75, 3.05) is 0 Å². The third-order valence-electron chi connectivity index (χ3n) is 1.95. The molecule has 0 fully saturated rings. The number of carbonyl (C=O) groups excluding carboxylic acids is 1. The van der Waals surface area contributed by atoms with Crippen LogP contribution < -0.4 is 0 Å². The van der Waals surface area contributed by atoms with Gasteiger partial charge < -0.3 is 9.90 Å². The summed E-state index contributed by atoms with van der Waals surface area (Å²) >= 11 is 0. The molecule has 3 nitrogen and oxygen atoms in total. The standard InChI is InChI=1S/C9H16O3/c1-9(2,8(11)12)6-4-3-5-7-10/h7H,3-6H2,1-2H3,(H,11,12). The molecule has 12 heavy (non-hydrogen) atoms. The third kappa shape index (κ3) is 4.11. The van der Waals surface area contributed by atoms with E-state index in [4.69, 9.17) is 5.11 Å². The predicted octanol–water partition coefficient (Wildman–Crippen LogP) is 1.86. The summed E-state index contributed by atoms with van der Waals surface area (Å²) in [4.78, 5) is 20.6. The van der Waals surface area contributed by atoms with E-state index in [1.54, 1.807) is 13.8 Å². The van der Waals surface area contributed by atoms with Crippen molar-refractivity contribution in [1.29, 1.82) is 0 Å². The summed E-state index contributed by atoms with van der Waals surface area (Å²) < 4.78 is 0. The molecule has 0 aromatic rings. The molecule has 70 valence electrons. The minimum atomic E-state index is -0.770. The molecule has 0 aromatic carbocycles. The molecule has 0 aromatic heterocycles.